The SMILES string of the molecule is COc1cccc(OC)c1CCC(=O)NCCSc1ncn[nH]1. The van der Waals surface area contributed by atoms with Crippen molar-refractivity contribution in [2.45, 2.75) is 18.0 Å². The Kier molecular flexibility index (Phi) is 6.74. The number of rotatable bonds is 9. The number of hydrogen-bond donors (Lipinski definition) is 2. The van der Waals surface area contributed by atoms with E-state index in [-0.39, 0.29) is 5.91 Å². The van der Waals surface area contributed by atoms with Crippen LogP contribution in [0.1, 0.15) is 12.0 Å². The van der Waals surface area contributed by atoms with Crippen LogP contribution in [0.2, 0.25) is 0 Å². The minimum atomic E-state index is -0.00358. The first-order chi connectivity index (χ1) is 11.2. The summed E-state index contributed by atoms with van der Waals surface area (Å²) in [5.74, 6) is 2.20. The van der Waals surface area contributed by atoms with Crippen LogP contribution >= 0.6 is 11.8 Å². The van der Waals surface area contributed by atoms with Gasteiger partial charge in [0.1, 0.15) is 17.8 Å². The van der Waals surface area contributed by atoms with E-state index in [1.165, 1.54) is 18.1 Å². The molecular weight excluding hydrogens is 316 g/mol. The Morgan fingerprint density at radius 1 is 1.30 bits per heavy atom. The van der Waals surface area contributed by atoms with Gasteiger partial charge in [-0.3, -0.25) is 9.89 Å². The van der Waals surface area contributed by atoms with Gasteiger partial charge in [-0.15, -0.1) is 0 Å². The number of nitrogens with one attached hydrogen (secondary N) is 2. The maximum atomic E-state index is 11.9. The Morgan fingerprint density at radius 2 is 2.04 bits per heavy atom. The van der Waals surface area contributed by atoms with Crippen LogP contribution < -0.4 is 14.8 Å². The molecule has 0 aliphatic heterocycles. The van der Waals surface area contributed by atoms with Crippen molar-refractivity contribution in [2.24, 2.45) is 0 Å². The van der Waals surface area contributed by atoms with Gasteiger partial charge in [-0.2, -0.15) is 5.10 Å². The minimum absolute atomic E-state index is 0.00358. The van der Waals surface area contributed by atoms with E-state index < -0.39 is 0 Å². The lowest BCUT2D eigenvalue weighted by Gasteiger charge is -2.12. The molecule has 1 amide bonds. The summed E-state index contributed by atoms with van der Waals surface area (Å²) in [4.78, 5) is 15.9. The molecule has 0 radical (unpaired) electrons. The van der Waals surface area contributed by atoms with Crippen LogP contribution in [0, 0.1) is 0 Å². The van der Waals surface area contributed by atoms with Gasteiger partial charge in [0.25, 0.3) is 0 Å². The van der Waals surface area contributed by atoms with Gasteiger partial charge in [0, 0.05) is 24.3 Å². The molecule has 7 nitrogen and oxygen atoms in total. The van der Waals surface area contributed by atoms with E-state index in [4.69, 9.17) is 9.47 Å². The third-order valence-corrected chi connectivity index (χ3v) is 4.07. The summed E-state index contributed by atoms with van der Waals surface area (Å²) in [5.41, 5.74) is 0.906. The molecule has 124 valence electrons. The molecule has 0 atom stereocenters. The quantitative estimate of drug-likeness (QED) is 0.535. The third-order valence-electron chi connectivity index (χ3n) is 3.19. The molecule has 8 heteroatoms. The molecule has 2 N–H and O–H groups in total. The number of carbonyl (C=O) groups is 1. The number of methoxy groups -OCH3 is 2. The van der Waals surface area contributed by atoms with Crippen LogP contribution in [0.15, 0.2) is 29.7 Å². The third kappa shape index (κ3) is 5.17. The number of amides is 1. The second kappa shape index (κ2) is 9.04. The van der Waals surface area contributed by atoms with Gasteiger partial charge in [0.05, 0.1) is 14.2 Å². The lowest BCUT2D eigenvalue weighted by Crippen LogP contribution is -2.26. The monoisotopic (exact) mass is 336 g/mol. The number of aromatic nitrogens is 3. The summed E-state index contributed by atoms with van der Waals surface area (Å²) in [6, 6.07) is 5.59. The number of aromatic amines is 1. The van der Waals surface area contributed by atoms with Crippen molar-refractivity contribution in [3.8, 4) is 11.5 Å². The molecule has 1 aromatic heterocycles. The van der Waals surface area contributed by atoms with Crippen molar-refractivity contribution in [1.29, 1.82) is 0 Å². The van der Waals surface area contributed by atoms with Crippen LogP contribution in [0.4, 0.5) is 0 Å². The summed E-state index contributed by atoms with van der Waals surface area (Å²) >= 11 is 1.51. The fourth-order valence-electron chi connectivity index (χ4n) is 2.10. The van der Waals surface area contributed by atoms with Crippen molar-refractivity contribution in [1.82, 2.24) is 20.5 Å². The number of hydrogen-bond acceptors (Lipinski definition) is 6. The molecule has 0 saturated carbocycles. The van der Waals surface area contributed by atoms with Crippen molar-refractivity contribution in [3.05, 3.63) is 30.1 Å². The second-order valence-electron chi connectivity index (χ2n) is 4.63. The average Bonchev–Trinajstić information content (AvgIpc) is 3.09. The van der Waals surface area contributed by atoms with Gasteiger partial charge in [-0.25, -0.2) is 4.98 Å². The fraction of sp³-hybridized carbons (Fsp3) is 0.400. The maximum absolute atomic E-state index is 11.9. The molecule has 2 aromatic rings. The highest BCUT2D eigenvalue weighted by Gasteiger charge is 2.11. The number of nitrogens with zero attached hydrogens (tertiary/aromatic N) is 2. The predicted molar refractivity (Wildman–Crippen MR) is 88.0 cm³/mol. The van der Waals surface area contributed by atoms with E-state index in [1.54, 1.807) is 14.2 Å². The van der Waals surface area contributed by atoms with Gasteiger partial charge in [-0.1, -0.05) is 17.8 Å². The minimum Gasteiger partial charge on any atom is -0.496 e. The van der Waals surface area contributed by atoms with E-state index in [1.807, 2.05) is 18.2 Å². The maximum Gasteiger partial charge on any atom is 0.220 e. The van der Waals surface area contributed by atoms with Crippen LogP contribution in [0.3, 0.4) is 0 Å². The first-order valence-electron chi connectivity index (χ1n) is 7.19. The first-order valence-corrected chi connectivity index (χ1v) is 8.18. The summed E-state index contributed by atoms with van der Waals surface area (Å²) < 4.78 is 10.7. The van der Waals surface area contributed by atoms with Crippen LogP contribution in [0.25, 0.3) is 0 Å². The zero-order valence-corrected chi connectivity index (χ0v) is 14.0. The molecule has 23 heavy (non-hydrogen) atoms. The molecule has 0 aliphatic rings. The van der Waals surface area contributed by atoms with Gasteiger partial charge in [-0.05, 0) is 18.6 Å². The largest absolute Gasteiger partial charge is 0.496 e. The first kappa shape index (κ1) is 17.1. The predicted octanol–water partition coefficient (Wildman–Crippen LogP) is 1.66. The zero-order valence-electron chi connectivity index (χ0n) is 13.2. The molecule has 1 aromatic carbocycles. The molecular formula is C15H20N4O3S. The highest BCUT2D eigenvalue weighted by atomic mass is 32.2. The Morgan fingerprint density at radius 3 is 2.65 bits per heavy atom. The smallest absolute Gasteiger partial charge is 0.220 e. The molecule has 0 bridgehead atoms. The fourth-order valence-corrected chi connectivity index (χ4v) is 2.74. The summed E-state index contributed by atoms with van der Waals surface area (Å²) in [5, 5.41) is 10.2. The lowest BCUT2D eigenvalue weighted by atomic mass is 10.1. The number of thioether (sulfide) groups is 1. The number of ether oxygens (including phenoxy) is 2. The standard InChI is InChI=1S/C15H20N4O3S/c1-21-12-4-3-5-13(22-2)11(12)6-7-14(20)16-8-9-23-15-17-10-18-19-15/h3-5,10H,6-9H2,1-2H3,(H,16,20)(H,17,18,19). The van der Waals surface area contributed by atoms with Gasteiger partial charge in [0.2, 0.25) is 5.91 Å². The van der Waals surface area contributed by atoms with Crippen LogP contribution in [0.5, 0.6) is 11.5 Å². The number of H-pyrrole nitrogens is 1. The zero-order chi connectivity index (χ0) is 16.5. The molecule has 0 unspecified atom stereocenters. The second-order valence-corrected chi connectivity index (χ2v) is 5.71. The highest BCUT2D eigenvalue weighted by Crippen LogP contribution is 2.29. The molecule has 0 spiro atoms. The van der Waals surface area contributed by atoms with Gasteiger partial charge >= 0.3 is 0 Å². The number of carbonyl (C=O) groups excluding carboxylic acids is 1. The van der Waals surface area contributed by atoms with E-state index in [0.717, 1.165) is 28.0 Å². The molecule has 0 saturated heterocycles. The van der Waals surface area contributed by atoms with Crippen LogP contribution in [-0.4, -0.2) is 47.6 Å². The normalized spacial score (nSPS) is 10.3. The van der Waals surface area contributed by atoms with Crippen molar-refractivity contribution in [3.63, 3.8) is 0 Å². The van der Waals surface area contributed by atoms with Gasteiger partial charge < -0.3 is 14.8 Å². The van der Waals surface area contributed by atoms with Crippen LogP contribution in [-0.2, 0) is 11.2 Å². The number of benzene rings is 1. The Hall–Kier alpha value is -2.22. The van der Waals surface area contributed by atoms with Crippen molar-refractivity contribution >= 4 is 17.7 Å². The van der Waals surface area contributed by atoms with E-state index in [2.05, 4.69) is 20.5 Å². The van der Waals surface area contributed by atoms with E-state index in [9.17, 15) is 4.79 Å². The molecule has 0 aliphatic carbocycles. The van der Waals surface area contributed by atoms with Gasteiger partial charge in [0.15, 0.2) is 5.16 Å². The summed E-state index contributed by atoms with van der Waals surface area (Å²) in [6.07, 6.45) is 2.40. The highest BCUT2D eigenvalue weighted by molar-refractivity contribution is 7.99. The Balaban J connectivity index is 1.76. The van der Waals surface area contributed by atoms with Crippen molar-refractivity contribution in [2.75, 3.05) is 26.5 Å². The Labute approximate surface area is 139 Å². The van der Waals surface area contributed by atoms with E-state index in [0.29, 0.717) is 19.4 Å². The average molecular weight is 336 g/mol. The topological polar surface area (TPSA) is 89.1 Å². The Bertz CT molecular complexity index is 597. The van der Waals surface area contributed by atoms with Crippen molar-refractivity contribution < 1.29 is 14.3 Å². The van der Waals surface area contributed by atoms with E-state index >= 15 is 0 Å². The molecule has 1 heterocycles. The summed E-state index contributed by atoms with van der Waals surface area (Å²) in [6.45, 7) is 0.577. The molecule has 2 rings (SSSR count). The molecule has 0 fully saturated rings. The lowest BCUT2D eigenvalue weighted by molar-refractivity contribution is -0.120. The summed E-state index contributed by atoms with van der Waals surface area (Å²) in [7, 11) is 3.22.